The third kappa shape index (κ3) is 4.92. The van der Waals surface area contributed by atoms with Crippen molar-refractivity contribution in [1.29, 1.82) is 0 Å². The molecule has 3 aromatic rings. The van der Waals surface area contributed by atoms with E-state index in [1.807, 2.05) is 30.3 Å². The van der Waals surface area contributed by atoms with Crippen LogP contribution in [0.5, 0.6) is 0 Å². The Morgan fingerprint density at radius 2 is 1.97 bits per heavy atom. The molecule has 2 aromatic carbocycles. The van der Waals surface area contributed by atoms with Crippen molar-refractivity contribution in [1.82, 2.24) is 0 Å². The second kappa shape index (κ2) is 8.73. The van der Waals surface area contributed by atoms with E-state index >= 15 is 0 Å². The van der Waals surface area contributed by atoms with Crippen LogP contribution in [0.2, 0.25) is 10.0 Å². The maximum absolute atomic E-state index is 12.4. The first kappa shape index (κ1) is 22.6. The quantitative estimate of drug-likeness (QED) is 0.463. The molecule has 162 valence electrons. The Morgan fingerprint density at radius 1 is 1.26 bits per heavy atom. The first-order chi connectivity index (χ1) is 14.6. The second-order valence-electron chi connectivity index (χ2n) is 6.83. The number of halogens is 2. The zero-order valence-corrected chi connectivity index (χ0v) is 20.5. The monoisotopic (exact) mass is 514 g/mol. The van der Waals surface area contributed by atoms with Gasteiger partial charge in [0, 0.05) is 33.8 Å². The molecule has 1 aromatic heterocycles. The minimum Gasteiger partial charge on any atom is -0.335 e. The first-order valence-corrected chi connectivity index (χ1v) is 13.5. The van der Waals surface area contributed by atoms with Crippen LogP contribution in [0.3, 0.4) is 0 Å². The number of rotatable bonds is 4. The Balaban J connectivity index is 1.82. The van der Waals surface area contributed by atoms with Gasteiger partial charge in [0.25, 0.3) is 5.01 Å². The number of benzene rings is 2. The van der Waals surface area contributed by atoms with Crippen LogP contribution in [0.1, 0.15) is 11.9 Å². The van der Waals surface area contributed by atoms with Crippen molar-refractivity contribution in [3.05, 3.63) is 56.5 Å². The van der Waals surface area contributed by atoms with Gasteiger partial charge >= 0.3 is 5.91 Å². The Labute approximate surface area is 198 Å². The molecule has 31 heavy (non-hydrogen) atoms. The van der Waals surface area contributed by atoms with Gasteiger partial charge in [0.05, 0.1) is 16.8 Å². The largest absolute Gasteiger partial charge is 0.335 e. The van der Waals surface area contributed by atoms with Gasteiger partial charge in [-0.05, 0) is 37.3 Å². The summed E-state index contributed by atoms with van der Waals surface area (Å²) in [5.41, 5.74) is 1.80. The SMILES string of the molecule is CCN1C(=Cc2sc3ccc(Cl)cc3[n+]2CC(=O)N=S(C)(=O)O)Sc2ccc(Cl)cc21. The lowest BCUT2D eigenvalue weighted by molar-refractivity contribution is -0.655. The lowest BCUT2D eigenvalue weighted by Gasteiger charge is -2.17. The van der Waals surface area contributed by atoms with Crippen LogP contribution in [-0.2, 0) is 21.3 Å². The number of amides is 1. The summed E-state index contributed by atoms with van der Waals surface area (Å²) in [6.07, 6.45) is 3.02. The fourth-order valence-electron chi connectivity index (χ4n) is 3.31. The highest BCUT2D eigenvalue weighted by atomic mass is 35.5. The molecule has 1 N–H and O–H groups in total. The molecule has 1 aliphatic heterocycles. The number of anilines is 1. The second-order valence-corrected chi connectivity index (χ2v) is 11.5. The summed E-state index contributed by atoms with van der Waals surface area (Å²) in [6.45, 7) is 2.64. The first-order valence-electron chi connectivity index (χ1n) is 9.20. The van der Waals surface area contributed by atoms with E-state index in [9.17, 15) is 13.6 Å². The predicted octanol–water partition coefficient (Wildman–Crippen LogP) is 5.52. The number of nitrogens with zero attached hydrogens (tertiary/aromatic N) is 3. The highest BCUT2D eigenvalue weighted by Gasteiger charge is 2.28. The molecule has 0 bridgehead atoms. The fraction of sp³-hybridized carbons (Fsp3) is 0.200. The molecule has 1 aliphatic rings. The average Bonchev–Trinajstić information content (AvgIpc) is 3.17. The van der Waals surface area contributed by atoms with E-state index in [1.54, 1.807) is 28.5 Å². The maximum Gasteiger partial charge on any atom is 0.321 e. The topological polar surface area (TPSA) is 73.8 Å². The molecule has 1 amide bonds. The number of aromatic nitrogens is 1. The van der Waals surface area contributed by atoms with Crippen molar-refractivity contribution in [2.24, 2.45) is 4.36 Å². The van der Waals surface area contributed by atoms with Gasteiger partial charge in [0.1, 0.15) is 4.70 Å². The van der Waals surface area contributed by atoms with E-state index in [-0.39, 0.29) is 6.54 Å². The van der Waals surface area contributed by atoms with Gasteiger partial charge in [-0.15, -0.1) is 4.36 Å². The van der Waals surface area contributed by atoms with Crippen LogP contribution in [0.4, 0.5) is 5.69 Å². The number of hydrogen-bond donors (Lipinski definition) is 1. The molecule has 0 radical (unpaired) electrons. The molecule has 1 atom stereocenters. The molecule has 2 heterocycles. The number of carbonyl (C=O) groups is 1. The minimum absolute atomic E-state index is 0.166. The smallest absolute Gasteiger partial charge is 0.321 e. The van der Waals surface area contributed by atoms with Crippen LogP contribution in [0, 0.1) is 0 Å². The van der Waals surface area contributed by atoms with Crippen LogP contribution in [0.15, 0.2) is 50.7 Å². The number of hydrogen-bond acceptors (Lipinski definition) is 5. The molecule has 4 rings (SSSR count). The molecule has 1 unspecified atom stereocenters. The van der Waals surface area contributed by atoms with Gasteiger partial charge in [-0.3, -0.25) is 4.79 Å². The molecule has 0 aliphatic carbocycles. The normalized spacial score (nSPS) is 16.5. The van der Waals surface area contributed by atoms with Crippen LogP contribution in [-0.4, -0.2) is 27.5 Å². The van der Waals surface area contributed by atoms with Crippen molar-refractivity contribution in [3.8, 4) is 0 Å². The van der Waals surface area contributed by atoms with E-state index in [2.05, 4.69) is 16.2 Å². The van der Waals surface area contributed by atoms with Crippen LogP contribution < -0.4 is 9.47 Å². The van der Waals surface area contributed by atoms with E-state index in [4.69, 9.17) is 23.2 Å². The number of thiazole rings is 1. The van der Waals surface area contributed by atoms with E-state index < -0.39 is 15.9 Å². The minimum atomic E-state index is -3.53. The van der Waals surface area contributed by atoms with Crippen molar-refractivity contribution in [2.75, 3.05) is 17.7 Å². The zero-order valence-electron chi connectivity index (χ0n) is 16.5. The van der Waals surface area contributed by atoms with Gasteiger partial charge in [-0.25, -0.2) is 4.21 Å². The maximum atomic E-state index is 12.4. The van der Waals surface area contributed by atoms with Crippen molar-refractivity contribution in [3.63, 3.8) is 0 Å². The van der Waals surface area contributed by atoms with Gasteiger partial charge in [-0.2, -0.15) is 4.57 Å². The van der Waals surface area contributed by atoms with Crippen molar-refractivity contribution in [2.45, 2.75) is 18.4 Å². The average molecular weight is 515 g/mol. The summed E-state index contributed by atoms with van der Waals surface area (Å²) in [6, 6.07) is 11.3. The standard InChI is InChI=1S/C20H17Cl2N3O3S3/c1-3-24-14-8-12(21)4-6-16(14)29-19(24)10-20-25(11-18(26)23-31(2,27)28)15-9-13(22)5-7-17(15)30-20/h4-10H,3,11H2,1-2H3/p+1. The molecule has 0 saturated heterocycles. The number of carbonyl (C=O) groups excluding carboxylic acids is 1. The highest BCUT2D eigenvalue weighted by molar-refractivity contribution is 8.03. The van der Waals surface area contributed by atoms with Gasteiger partial charge < -0.3 is 9.45 Å². The van der Waals surface area contributed by atoms with Crippen molar-refractivity contribution >= 4 is 84.2 Å². The Kier molecular flexibility index (Phi) is 6.35. The molecular weight excluding hydrogens is 497 g/mol. The third-order valence-corrected chi connectivity index (χ3v) is 7.75. The Bertz CT molecular complexity index is 1350. The summed E-state index contributed by atoms with van der Waals surface area (Å²) < 4.78 is 27.1. The molecule has 6 nitrogen and oxygen atoms in total. The van der Waals surface area contributed by atoms with Crippen molar-refractivity contribution < 1.29 is 18.1 Å². The molecule has 0 saturated carbocycles. The van der Waals surface area contributed by atoms with Gasteiger partial charge in [0.15, 0.2) is 10.0 Å². The summed E-state index contributed by atoms with van der Waals surface area (Å²) in [7, 11) is -3.53. The number of fused-ring (bicyclic) bond motifs is 2. The van der Waals surface area contributed by atoms with Gasteiger partial charge in [-0.1, -0.05) is 46.3 Å². The molecule has 11 heteroatoms. The summed E-state index contributed by atoms with van der Waals surface area (Å²) in [5, 5.41) is 3.01. The zero-order chi connectivity index (χ0) is 22.3. The summed E-state index contributed by atoms with van der Waals surface area (Å²) in [4.78, 5) is 15.6. The number of thioether (sulfide) groups is 1. The highest BCUT2D eigenvalue weighted by Crippen LogP contribution is 2.47. The van der Waals surface area contributed by atoms with Crippen LogP contribution in [0.25, 0.3) is 16.3 Å². The lowest BCUT2D eigenvalue weighted by atomic mass is 10.3. The van der Waals surface area contributed by atoms with E-state index in [1.165, 1.54) is 11.3 Å². The van der Waals surface area contributed by atoms with E-state index in [0.29, 0.717) is 10.0 Å². The van der Waals surface area contributed by atoms with Crippen LogP contribution >= 0.6 is 46.3 Å². The van der Waals surface area contributed by atoms with Gasteiger partial charge in [0.2, 0.25) is 12.1 Å². The summed E-state index contributed by atoms with van der Waals surface area (Å²) in [5.74, 6) is -0.680. The predicted molar refractivity (Wildman–Crippen MR) is 129 cm³/mol. The molecule has 0 spiro atoms. The fourth-order valence-corrected chi connectivity index (χ4v) is 6.38. The lowest BCUT2D eigenvalue weighted by Crippen LogP contribution is -2.39. The summed E-state index contributed by atoms with van der Waals surface area (Å²) >= 11 is 15.5. The Hall–Kier alpha value is -1.62. The molecule has 0 fully saturated rings. The third-order valence-electron chi connectivity index (χ3n) is 4.51. The molecular formula is C20H18Cl2N3O3S3+. The Morgan fingerprint density at radius 3 is 2.68 bits per heavy atom. The van der Waals surface area contributed by atoms with E-state index in [0.717, 1.165) is 43.6 Å².